The highest BCUT2D eigenvalue weighted by Gasteiger charge is 2.24. The molecule has 2 N–H and O–H groups in total. The van der Waals surface area contributed by atoms with E-state index in [0.717, 1.165) is 5.69 Å². The van der Waals surface area contributed by atoms with E-state index in [9.17, 15) is 8.42 Å². The van der Waals surface area contributed by atoms with Crippen molar-refractivity contribution in [1.29, 1.82) is 0 Å². The van der Waals surface area contributed by atoms with Gasteiger partial charge in [-0.25, -0.2) is 13.4 Å². The second-order valence-electron chi connectivity index (χ2n) is 5.30. The molecule has 2 heterocycles. The van der Waals surface area contributed by atoms with Gasteiger partial charge in [0.2, 0.25) is 0 Å². The van der Waals surface area contributed by atoms with E-state index in [1.54, 1.807) is 32.0 Å². The predicted molar refractivity (Wildman–Crippen MR) is 95.8 cm³/mol. The molecule has 0 fully saturated rings. The zero-order chi connectivity index (χ0) is 18.0. The number of aromatic nitrogens is 2. The smallest absolute Gasteiger partial charge is 0.268 e. The summed E-state index contributed by atoms with van der Waals surface area (Å²) >= 11 is 6.09. The molecule has 0 saturated heterocycles. The average Bonchev–Trinajstić information content (AvgIpc) is 2.91. The Morgan fingerprint density at radius 3 is 2.48 bits per heavy atom. The number of aryl methyl sites for hydroxylation is 2. The first-order valence-corrected chi connectivity index (χ1v) is 9.16. The quantitative estimate of drug-likeness (QED) is 0.699. The lowest BCUT2D eigenvalue weighted by Crippen LogP contribution is -2.15. The average molecular weight is 379 g/mol. The number of benzene rings is 1. The van der Waals surface area contributed by atoms with Crippen molar-refractivity contribution >= 4 is 38.8 Å². The van der Waals surface area contributed by atoms with Gasteiger partial charge in [-0.1, -0.05) is 28.9 Å². The third-order valence-corrected chi connectivity index (χ3v) is 5.32. The van der Waals surface area contributed by atoms with E-state index in [0.29, 0.717) is 16.4 Å². The normalized spacial score (nSPS) is 11.3. The summed E-state index contributed by atoms with van der Waals surface area (Å²) in [5.74, 6) is 0.409. The summed E-state index contributed by atoms with van der Waals surface area (Å²) in [6.07, 6.45) is 1.51. The van der Waals surface area contributed by atoms with Gasteiger partial charge in [0.05, 0.1) is 22.6 Å². The molecule has 0 aliphatic heterocycles. The number of rotatable bonds is 5. The van der Waals surface area contributed by atoms with E-state index >= 15 is 0 Å². The molecule has 0 unspecified atom stereocenters. The van der Waals surface area contributed by atoms with Crippen LogP contribution in [0.25, 0.3) is 0 Å². The maximum Gasteiger partial charge on any atom is 0.268 e. The highest BCUT2D eigenvalue weighted by molar-refractivity contribution is 7.92. The Hall–Kier alpha value is -2.58. The molecule has 130 valence electrons. The van der Waals surface area contributed by atoms with Crippen LogP contribution in [0.3, 0.4) is 0 Å². The van der Waals surface area contributed by atoms with Gasteiger partial charge in [-0.3, -0.25) is 4.72 Å². The van der Waals surface area contributed by atoms with Gasteiger partial charge >= 0.3 is 0 Å². The Balaban J connectivity index is 1.78. The number of para-hydroxylation sites is 1. The molecule has 0 bridgehead atoms. The number of pyridine rings is 1. The maximum absolute atomic E-state index is 12.4. The van der Waals surface area contributed by atoms with E-state index in [-0.39, 0.29) is 16.5 Å². The first-order chi connectivity index (χ1) is 11.9. The molecule has 9 heteroatoms. The highest BCUT2D eigenvalue weighted by Crippen LogP contribution is 2.26. The van der Waals surface area contributed by atoms with Gasteiger partial charge in [0.1, 0.15) is 11.5 Å². The van der Waals surface area contributed by atoms with E-state index in [4.69, 9.17) is 16.1 Å². The molecule has 0 atom stereocenters. The predicted octanol–water partition coefficient (Wildman–Crippen LogP) is 3.88. The van der Waals surface area contributed by atoms with Gasteiger partial charge in [0.15, 0.2) is 10.7 Å². The minimum absolute atomic E-state index is 0.0209. The van der Waals surface area contributed by atoms with Crippen LogP contribution in [0.4, 0.5) is 17.2 Å². The lowest BCUT2D eigenvalue weighted by Gasteiger charge is -2.10. The molecule has 0 aliphatic carbocycles. The van der Waals surface area contributed by atoms with E-state index < -0.39 is 10.0 Å². The summed E-state index contributed by atoms with van der Waals surface area (Å²) in [4.78, 5) is 4.13. The molecular weight excluding hydrogens is 364 g/mol. The molecule has 0 amide bonds. The zero-order valence-corrected chi connectivity index (χ0v) is 15.0. The van der Waals surface area contributed by atoms with Crippen molar-refractivity contribution in [3.8, 4) is 0 Å². The van der Waals surface area contributed by atoms with Crippen LogP contribution < -0.4 is 10.0 Å². The van der Waals surface area contributed by atoms with Gasteiger partial charge < -0.3 is 9.84 Å². The molecule has 0 aliphatic rings. The van der Waals surface area contributed by atoms with Gasteiger partial charge in [-0.2, -0.15) is 0 Å². The molecule has 7 nitrogen and oxygen atoms in total. The molecule has 0 spiro atoms. The van der Waals surface area contributed by atoms with Crippen molar-refractivity contribution in [2.24, 2.45) is 0 Å². The summed E-state index contributed by atoms with van der Waals surface area (Å²) in [7, 11) is -3.82. The van der Waals surface area contributed by atoms with Crippen molar-refractivity contribution in [1.82, 2.24) is 10.1 Å². The van der Waals surface area contributed by atoms with E-state index in [1.807, 2.05) is 18.2 Å². The molecule has 0 saturated carbocycles. The topological polar surface area (TPSA) is 97.1 Å². The number of sulfonamides is 1. The van der Waals surface area contributed by atoms with Crippen LogP contribution in [0.2, 0.25) is 5.02 Å². The van der Waals surface area contributed by atoms with Gasteiger partial charge in [0, 0.05) is 0 Å². The van der Waals surface area contributed by atoms with Crippen molar-refractivity contribution in [3.05, 3.63) is 59.1 Å². The fraction of sp³-hybridized carbons (Fsp3) is 0.125. The summed E-state index contributed by atoms with van der Waals surface area (Å²) in [5.41, 5.74) is 1.70. The van der Waals surface area contributed by atoms with Gasteiger partial charge in [-0.05, 0) is 38.1 Å². The van der Waals surface area contributed by atoms with Gasteiger partial charge in [0.25, 0.3) is 10.0 Å². The standard InChI is InChI=1S/C16H15ClN4O3S/c1-10-16(11(2)24-20-10)25(22,23)21-15-8-7-12(9-18-15)19-14-6-4-3-5-13(14)17/h3-9,19H,1-2H3,(H,18,21). The van der Waals surface area contributed by atoms with Gasteiger partial charge in [-0.15, -0.1) is 0 Å². The van der Waals surface area contributed by atoms with Crippen LogP contribution >= 0.6 is 11.6 Å². The summed E-state index contributed by atoms with van der Waals surface area (Å²) in [5, 5.41) is 7.34. The Morgan fingerprint density at radius 2 is 1.88 bits per heavy atom. The summed E-state index contributed by atoms with van der Waals surface area (Å²) in [6, 6.07) is 10.5. The monoisotopic (exact) mass is 378 g/mol. The number of nitrogens with one attached hydrogen (secondary N) is 2. The molecular formula is C16H15ClN4O3S. The minimum atomic E-state index is -3.82. The second kappa shape index (κ2) is 6.73. The Labute approximate surface area is 150 Å². The largest absolute Gasteiger partial charge is 0.360 e. The van der Waals surface area contributed by atoms with Crippen LogP contribution in [0.5, 0.6) is 0 Å². The number of anilines is 3. The fourth-order valence-electron chi connectivity index (χ4n) is 2.29. The summed E-state index contributed by atoms with van der Waals surface area (Å²) < 4.78 is 32.2. The number of halogens is 1. The summed E-state index contributed by atoms with van der Waals surface area (Å²) in [6.45, 7) is 3.10. The molecule has 0 radical (unpaired) electrons. The Kier molecular flexibility index (Phi) is 4.65. The van der Waals surface area contributed by atoms with Crippen LogP contribution in [-0.4, -0.2) is 18.6 Å². The first-order valence-electron chi connectivity index (χ1n) is 7.30. The van der Waals surface area contributed by atoms with Crippen LogP contribution in [-0.2, 0) is 10.0 Å². The van der Waals surface area contributed by atoms with Crippen molar-refractivity contribution in [3.63, 3.8) is 0 Å². The minimum Gasteiger partial charge on any atom is -0.360 e. The van der Waals surface area contributed by atoms with Crippen LogP contribution in [0.1, 0.15) is 11.5 Å². The Bertz CT molecular complexity index is 981. The lowest BCUT2D eigenvalue weighted by atomic mass is 10.3. The molecule has 3 rings (SSSR count). The van der Waals surface area contributed by atoms with Crippen molar-refractivity contribution in [2.75, 3.05) is 10.0 Å². The SMILES string of the molecule is Cc1noc(C)c1S(=O)(=O)Nc1ccc(Nc2ccccc2Cl)cn1. The van der Waals surface area contributed by atoms with Crippen molar-refractivity contribution < 1.29 is 12.9 Å². The molecule has 3 aromatic rings. The first kappa shape index (κ1) is 17.2. The van der Waals surface area contributed by atoms with Crippen molar-refractivity contribution in [2.45, 2.75) is 18.7 Å². The second-order valence-corrected chi connectivity index (χ2v) is 7.32. The third kappa shape index (κ3) is 3.75. The van der Waals surface area contributed by atoms with E-state index in [1.165, 1.54) is 6.20 Å². The molecule has 1 aromatic carbocycles. The number of hydrogen-bond donors (Lipinski definition) is 2. The van der Waals surface area contributed by atoms with E-state index in [2.05, 4.69) is 20.2 Å². The molecule has 2 aromatic heterocycles. The fourth-order valence-corrected chi connectivity index (χ4v) is 3.82. The molecule has 25 heavy (non-hydrogen) atoms. The number of hydrogen-bond acceptors (Lipinski definition) is 6. The lowest BCUT2D eigenvalue weighted by molar-refractivity contribution is 0.390. The zero-order valence-electron chi connectivity index (χ0n) is 13.4. The van der Waals surface area contributed by atoms with Crippen LogP contribution in [0.15, 0.2) is 52.0 Å². The number of nitrogens with zero attached hydrogens (tertiary/aromatic N) is 2. The van der Waals surface area contributed by atoms with Crippen LogP contribution in [0, 0.1) is 13.8 Å². The Morgan fingerprint density at radius 1 is 1.12 bits per heavy atom. The maximum atomic E-state index is 12.4. The highest BCUT2D eigenvalue weighted by atomic mass is 35.5. The third-order valence-electron chi connectivity index (χ3n) is 3.39.